The molecule has 0 saturated carbocycles. The third-order valence-corrected chi connectivity index (χ3v) is 2.42. The van der Waals surface area contributed by atoms with Gasteiger partial charge in [0.2, 0.25) is 0 Å². The fourth-order valence-corrected chi connectivity index (χ4v) is 1.30. The van der Waals surface area contributed by atoms with Gasteiger partial charge in [-0.1, -0.05) is 11.6 Å². The summed E-state index contributed by atoms with van der Waals surface area (Å²) in [6.45, 7) is 1.75. The molecular formula is C9H11ClN2O2. The van der Waals surface area contributed by atoms with Crippen molar-refractivity contribution in [3.05, 3.63) is 32.8 Å². The molecular weight excluding hydrogens is 204 g/mol. The minimum atomic E-state index is -0.470. The number of benzene rings is 1. The summed E-state index contributed by atoms with van der Waals surface area (Å²) in [6, 6.07) is 3.28. The Bertz CT molecular complexity index is 377. The third-order valence-electron chi connectivity index (χ3n) is 1.93. The summed E-state index contributed by atoms with van der Waals surface area (Å²) in [6.07, 6.45) is 0. The van der Waals surface area contributed by atoms with Crippen molar-refractivity contribution >= 4 is 23.0 Å². The number of anilines is 1. The predicted molar refractivity (Wildman–Crippen MR) is 57.2 cm³/mol. The van der Waals surface area contributed by atoms with Crippen molar-refractivity contribution < 1.29 is 4.92 Å². The average molecular weight is 215 g/mol. The molecule has 1 aromatic carbocycles. The molecule has 0 fully saturated rings. The van der Waals surface area contributed by atoms with Gasteiger partial charge in [-0.15, -0.1) is 0 Å². The molecule has 0 N–H and O–H groups in total. The first-order chi connectivity index (χ1) is 6.43. The molecule has 0 aliphatic carbocycles. The number of nitro groups is 1. The molecule has 76 valence electrons. The van der Waals surface area contributed by atoms with Crippen LogP contribution in [0.25, 0.3) is 0 Å². The maximum absolute atomic E-state index is 10.7. The molecule has 1 aromatic rings. The van der Waals surface area contributed by atoms with Crippen LogP contribution in [0.15, 0.2) is 12.1 Å². The molecule has 5 heteroatoms. The van der Waals surface area contributed by atoms with Gasteiger partial charge < -0.3 is 4.90 Å². The van der Waals surface area contributed by atoms with E-state index in [1.54, 1.807) is 11.8 Å². The average Bonchev–Trinajstić information content (AvgIpc) is 2.08. The molecule has 0 saturated heterocycles. The maximum atomic E-state index is 10.7. The van der Waals surface area contributed by atoms with Crippen LogP contribution in [0.3, 0.4) is 0 Å². The van der Waals surface area contributed by atoms with E-state index in [0.29, 0.717) is 5.56 Å². The van der Waals surface area contributed by atoms with Gasteiger partial charge >= 0.3 is 0 Å². The van der Waals surface area contributed by atoms with Crippen molar-refractivity contribution in [2.24, 2.45) is 0 Å². The van der Waals surface area contributed by atoms with Gasteiger partial charge in [-0.05, 0) is 18.6 Å². The standard InChI is InChI=1S/C9H11ClN2O2/c1-6-4-7(11(2)3)5-8(9(6)10)12(13)14/h4-5H,1-3H3. The van der Waals surface area contributed by atoms with Crippen LogP contribution in [0.2, 0.25) is 5.02 Å². The minimum absolute atomic E-state index is 0.0460. The Morgan fingerprint density at radius 3 is 2.43 bits per heavy atom. The van der Waals surface area contributed by atoms with E-state index in [9.17, 15) is 10.1 Å². The van der Waals surface area contributed by atoms with E-state index in [4.69, 9.17) is 11.6 Å². The number of nitrogens with zero attached hydrogens (tertiary/aromatic N) is 2. The van der Waals surface area contributed by atoms with Gasteiger partial charge in [0, 0.05) is 25.8 Å². The van der Waals surface area contributed by atoms with Gasteiger partial charge in [0.05, 0.1) is 4.92 Å². The van der Waals surface area contributed by atoms with Gasteiger partial charge in [0.25, 0.3) is 5.69 Å². The molecule has 0 aliphatic heterocycles. The Labute approximate surface area is 87.2 Å². The molecule has 0 unspecified atom stereocenters. The Morgan fingerprint density at radius 1 is 1.43 bits per heavy atom. The highest BCUT2D eigenvalue weighted by molar-refractivity contribution is 6.33. The second-order valence-electron chi connectivity index (χ2n) is 3.25. The smallest absolute Gasteiger partial charge is 0.290 e. The van der Waals surface area contributed by atoms with Gasteiger partial charge in [0.1, 0.15) is 5.02 Å². The summed E-state index contributed by atoms with van der Waals surface area (Å²) < 4.78 is 0. The Kier molecular flexibility index (Phi) is 2.96. The summed E-state index contributed by atoms with van der Waals surface area (Å²) in [5, 5.41) is 10.9. The van der Waals surface area contributed by atoms with E-state index in [-0.39, 0.29) is 10.7 Å². The van der Waals surface area contributed by atoms with Crippen LogP contribution >= 0.6 is 11.6 Å². The number of hydrogen-bond acceptors (Lipinski definition) is 3. The second kappa shape index (κ2) is 3.84. The maximum Gasteiger partial charge on any atom is 0.290 e. The Hall–Kier alpha value is -1.29. The molecule has 0 radical (unpaired) electrons. The molecule has 0 bridgehead atoms. The topological polar surface area (TPSA) is 46.4 Å². The first kappa shape index (κ1) is 10.8. The SMILES string of the molecule is Cc1cc(N(C)C)cc([N+](=O)[O-])c1Cl. The van der Waals surface area contributed by atoms with Crippen molar-refractivity contribution in [3.8, 4) is 0 Å². The fraction of sp³-hybridized carbons (Fsp3) is 0.333. The zero-order valence-electron chi connectivity index (χ0n) is 8.24. The first-order valence-electron chi connectivity index (χ1n) is 4.05. The van der Waals surface area contributed by atoms with Crippen molar-refractivity contribution in [2.75, 3.05) is 19.0 Å². The zero-order chi connectivity index (χ0) is 10.9. The van der Waals surface area contributed by atoms with E-state index in [1.165, 1.54) is 6.07 Å². The molecule has 0 atom stereocenters. The van der Waals surface area contributed by atoms with Crippen molar-refractivity contribution in [2.45, 2.75) is 6.92 Å². The summed E-state index contributed by atoms with van der Waals surface area (Å²) in [5.41, 5.74) is 1.44. The summed E-state index contributed by atoms with van der Waals surface area (Å²) in [7, 11) is 3.65. The number of rotatable bonds is 2. The van der Waals surface area contributed by atoms with E-state index < -0.39 is 4.92 Å². The Morgan fingerprint density at radius 2 is 2.00 bits per heavy atom. The molecule has 0 spiro atoms. The molecule has 0 aromatic heterocycles. The van der Waals surface area contributed by atoms with Crippen LogP contribution in [0.1, 0.15) is 5.56 Å². The third kappa shape index (κ3) is 1.96. The number of halogens is 1. The highest BCUT2D eigenvalue weighted by Gasteiger charge is 2.16. The van der Waals surface area contributed by atoms with Gasteiger partial charge in [-0.25, -0.2) is 0 Å². The summed E-state index contributed by atoms with van der Waals surface area (Å²) in [4.78, 5) is 12.0. The van der Waals surface area contributed by atoms with Crippen LogP contribution in [0.5, 0.6) is 0 Å². The molecule has 4 nitrogen and oxygen atoms in total. The lowest BCUT2D eigenvalue weighted by Crippen LogP contribution is -2.09. The minimum Gasteiger partial charge on any atom is -0.377 e. The number of nitro benzene ring substituents is 1. The molecule has 1 rings (SSSR count). The van der Waals surface area contributed by atoms with E-state index >= 15 is 0 Å². The van der Waals surface area contributed by atoms with Gasteiger partial charge in [0.15, 0.2) is 0 Å². The van der Waals surface area contributed by atoms with Crippen LogP contribution in [-0.2, 0) is 0 Å². The number of aryl methyl sites for hydroxylation is 1. The molecule has 14 heavy (non-hydrogen) atoms. The van der Waals surface area contributed by atoms with Crippen molar-refractivity contribution in [1.82, 2.24) is 0 Å². The lowest BCUT2D eigenvalue weighted by Gasteiger charge is -2.13. The monoisotopic (exact) mass is 214 g/mol. The number of hydrogen-bond donors (Lipinski definition) is 0. The van der Waals surface area contributed by atoms with Crippen LogP contribution in [-0.4, -0.2) is 19.0 Å². The highest BCUT2D eigenvalue weighted by Crippen LogP contribution is 2.31. The predicted octanol–water partition coefficient (Wildman–Crippen LogP) is 2.62. The molecule has 0 amide bonds. The van der Waals surface area contributed by atoms with E-state index in [1.807, 2.05) is 20.2 Å². The van der Waals surface area contributed by atoms with Crippen LogP contribution < -0.4 is 4.90 Å². The quantitative estimate of drug-likeness (QED) is 0.562. The molecule has 0 aliphatic rings. The van der Waals surface area contributed by atoms with Crippen LogP contribution in [0.4, 0.5) is 11.4 Å². The largest absolute Gasteiger partial charge is 0.377 e. The second-order valence-corrected chi connectivity index (χ2v) is 3.63. The van der Waals surface area contributed by atoms with E-state index in [0.717, 1.165) is 5.69 Å². The highest BCUT2D eigenvalue weighted by atomic mass is 35.5. The van der Waals surface area contributed by atoms with Gasteiger partial charge in [-0.3, -0.25) is 10.1 Å². The zero-order valence-corrected chi connectivity index (χ0v) is 9.00. The normalized spacial score (nSPS) is 10.0. The van der Waals surface area contributed by atoms with E-state index in [2.05, 4.69) is 0 Å². The lowest BCUT2D eigenvalue weighted by atomic mass is 10.2. The van der Waals surface area contributed by atoms with Crippen molar-refractivity contribution in [3.63, 3.8) is 0 Å². The lowest BCUT2D eigenvalue weighted by molar-refractivity contribution is -0.384. The van der Waals surface area contributed by atoms with Crippen LogP contribution in [0, 0.1) is 17.0 Å². The first-order valence-corrected chi connectivity index (χ1v) is 4.43. The van der Waals surface area contributed by atoms with Crippen molar-refractivity contribution in [1.29, 1.82) is 0 Å². The van der Waals surface area contributed by atoms with Gasteiger partial charge in [-0.2, -0.15) is 0 Å². The fourth-order valence-electron chi connectivity index (χ4n) is 1.12. The summed E-state index contributed by atoms with van der Waals surface area (Å²) in [5.74, 6) is 0. The molecule has 0 heterocycles. The summed E-state index contributed by atoms with van der Waals surface area (Å²) >= 11 is 5.80. The Balaban J connectivity index is 3.35.